The molecule has 154 valence electrons. The van der Waals surface area contributed by atoms with E-state index in [1.54, 1.807) is 6.07 Å². The Bertz CT molecular complexity index is 1000. The summed E-state index contributed by atoms with van der Waals surface area (Å²) in [7, 11) is -2.30. The summed E-state index contributed by atoms with van der Waals surface area (Å²) in [6.45, 7) is 2.23. The van der Waals surface area contributed by atoms with E-state index in [2.05, 4.69) is 20.1 Å². The van der Waals surface area contributed by atoms with E-state index in [0.29, 0.717) is 18.7 Å². The zero-order chi connectivity index (χ0) is 21.4. The van der Waals surface area contributed by atoms with Gasteiger partial charge in [0.05, 0.1) is 17.6 Å². The number of sulfonamides is 1. The fourth-order valence-electron chi connectivity index (χ4n) is 2.28. The van der Waals surface area contributed by atoms with E-state index in [1.165, 1.54) is 49.6 Å². The summed E-state index contributed by atoms with van der Waals surface area (Å²) in [6, 6.07) is 12.0. The van der Waals surface area contributed by atoms with E-state index >= 15 is 0 Å². The number of ether oxygens (including phenoxy) is 1. The van der Waals surface area contributed by atoms with Crippen LogP contribution in [0.2, 0.25) is 0 Å². The molecule has 0 saturated carbocycles. The first-order valence-electron chi connectivity index (χ1n) is 8.67. The molecule has 0 fully saturated rings. The van der Waals surface area contributed by atoms with Crippen molar-refractivity contribution in [2.24, 2.45) is 0 Å². The highest BCUT2D eigenvalue weighted by Crippen LogP contribution is 2.14. The average molecular weight is 436 g/mol. The minimum atomic E-state index is -3.55. The topological polar surface area (TPSA) is 114 Å². The molecule has 1 amide bonds. The Kier molecular flexibility index (Phi) is 7.82. The lowest BCUT2D eigenvalue weighted by molar-refractivity contribution is 0.0600. The number of carbonyl (C=O) groups is 2. The monoisotopic (exact) mass is 435 g/mol. The largest absolute Gasteiger partial charge is 0.465 e. The summed E-state index contributed by atoms with van der Waals surface area (Å²) in [5.74, 6) is -1.06. The molecule has 10 heteroatoms. The first-order valence-corrected chi connectivity index (χ1v) is 10.6. The number of benzene rings is 2. The maximum absolute atomic E-state index is 12.3. The third-order valence-electron chi connectivity index (χ3n) is 3.74. The molecule has 0 atom stereocenters. The number of thiocarbonyl (C=S) groups is 1. The summed E-state index contributed by atoms with van der Waals surface area (Å²) in [6.07, 6.45) is 0.690. The highest BCUT2D eigenvalue weighted by atomic mass is 32.2. The zero-order valence-corrected chi connectivity index (χ0v) is 17.5. The van der Waals surface area contributed by atoms with Gasteiger partial charge in [-0.3, -0.25) is 10.1 Å². The molecule has 2 aromatic rings. The van der Waals surface area contributed by atoms with Gasteiger partial charge in [0.15, 0.2) is 5.11 Å². The SMILES string of the molecule is CCCNS(=O)(=O)c1ccc(NC(=S)NC(=O)c2cccc(C(=O)OC)c2)cc1. The molecule has 0 radical (unpaired) electrons. The third kappa shape index (κ3) is 6.34. The van der Waals surface area contributed by atoms with Crippen molar-refractivity contribution in [3.8, 4) is 0 Å². The zero-order valence-electron chi connectivity index (χ0n) is 15.9. The van der Waals surface area contributed by atoms with Crippen LogP contribution < -0.4 is 15.4 Å². The fourth-order valence-corrected chi connectivity index (χ4v) is 3.62. The molecule has 0 aliphatic heterocycles. The van der Waals surface area contributed by atoms with Gasteiger partial charge in [-0.1, -0.05) is 13.0 Å². The van der Waals surface area contributed by atoms with E-state index in [9.17, 15) is 18.0 Å². The normalized spacial score (nSPS) is 10.8. The lowest BCUT2D eigenvalue weighted by Crippen LogP contribution is -2.34. The van der Waals surface area contributed by atoms with Crippen LogP contribution in [0.3, 0.4) is 0 Å². The molecule has 0 aromatic heterocycles. The number of methoxy groups -OCH3 is 1. The van der Waals surface area contributed by atoms with Gasteiger partial charge in [-0.05, 0) is 61.1 Å². The Hall–Kier alpha value is -2.82. The second kappa shape index (κ2) is 10.1. The minimum Gasteiger partial charge on any atom is -0.465 e. The van der Waals surface area contributed by atoms with Crippen LogP contribution in [-0.2, 0) is 14.8 Å². The van der Waals surface area contributed by atoms with Crippen LogP contribution in [0.1, 0.15) is 34.1 Å². The van der Waals surface area contributed by atoms with E-state index in [0.717, 1.165) is 0 Å². The van der Waals surface area contributed by atoms with Gasteiger partial charge in [-0.15, -0.1) is 0 Å². The summed E-state index contributed by atoms with van der Waals surface area (Å²) in [5.41, 5.74) is 0.987. The van der Waals surface area contributed by atoms with Gasteiger partial charge in [-0.25, -0.2) is 17.9 Å². The third-order valence-corrected chi connectivity index (χ3v) is 5.42. The van der Waals surface area contributed by atoms with Gasteiger partial charge in [0.25, 0.3) is 5.91 Å². The maximum Gasteiger partial charge on any atom is 0.337 e. The van der Waals surface area contributed by atoms with Crippen molar-refractivity contribution >= 4 is 44.9 Å². The van der Waals surface area contributed by atoms with Crippen LogP contribution >= 0.6 is 12.2 Å². The number of rotatable bonds is 7. The molecule has 8 nitrogen and oxygen atoms in total. The number of hydrogen-bond acceptors (Lipinski definition) is 6. The molecule has 0 aliphatic rings. The quantitative estimate of drug-likeness (QED) is 0.452. The second-order valence-electron chi connectivity index (χ2n) is 5.90. The molecule has 0 bridgehead atoms. The number of nitrogens with one attached hydrogen (secondary N) is 3. The molecule has 2 aromatic carbocycles. The van der Waals surface area contributed by atoms with Gasteiger partial charge >= 0.3 is 5.97 Å². The summed E-state index contributed by atoms with van der Waals surface area (Å²) >= 11 is 5.12. The molecule has 0 aliphatic carbocycles. The van der Waals surface area contributed by atoms with Gasteiger partial charge < -0.3 is 10.1 Å². The Labute approximate surface area is 174 Å². The molecule has 3 N–H and O–H groups in total. The number of amides is 1. The highest BCUT2D eigenvalue weighted by molar-refractivity contribution is 7.89. The van der Waals surface area contributed by atoms with E-state index in [4.69, 9.17) is 12.2 Å². The Morgan fingerprint density at radius 2 is 1.72 bits per heavy atom. The number of anilines is 1. The van der Waals surface area contributed by atoms with Gasteiger partial charge in [0.1, 0.15) is 0 Å². The summed E-state index contributed by atoms with van der Waals surface area (Å²) < 4.78 is 31.3. The fraction of sp³-hybridized carbons (Fsp3) is 0.211. The smallest absolute Gasteiger partial charge is 0.337 e. The Morgan fingerprint density at radius 3 is 2.34 bits per heavy atom. The maximum atomic E-state index is 12.3. The standard InChI is InChI=1S/C19H21N3O5S2/c1-3-11-20-29(25,26)16-9-7-15(8-10-16)21-19(28)22-17(23)13-5-4-6-14(12-13)18(24)27-2/h4-10,12,20H,3,11H2,1-2H3,(H2,21,22,23,28). The van der Waals surface area contributed by atoms with Crippen LogP contribution in [0, 0.1) is 0 Å². The van der Waals surface area contributed by atoms with Crippen molar-refractivity contribution in [1.82, 2.24) is 10.0 Å². The number of carbonyl (C=O) groups excluding carboxylic acids is 2. The van der Waals surface area contributed by atoms with Crippen LogP contribution in [0.5, 0.6) is 0 Å². The summed E-state index contributed by atoms with van der Waals surface area (Å²) in [5, 5.41) is 5.33. The molecule has 0 unspecified atom stereocenters. The average Bonchev–Trinajstić information content (AvgIpc) is 2.72. The van der Waals surface area contributed by atoms with Crippen LogP contribution in [-0.4, -0.2) is 39.1 Å². The molecule has 29 heavy (non-hydrogen) atoms. The van der Waals surface area contributed by atoms with Crippen molar-refractivity contribution in [2.75, 3.05) is 19.0 Å². The Balaban J connectivity index is 2.00. The lowest BCUT2D eigenvalue weighted by atomic mass is 10.1. The van der Waals surface area contributed by atoms with Crippen molar-refractivity contribution in [2.45, 2.75) is 18.2 Å². The van der Waals surface area contributed by atoms with Crippen LogP contribution in [0.4, 0.5) is 5.69 Å². The van der Waals surface area contributed by atoms with Crippen molar-refractivity contribution in [3.63, 3.8) is 0 Å². The van der Waals surface area contributed by atoms with E-state index in [1.807, 2.05) is 6.92 Å². The van der Waals surface area contributed by atoms with Gasteiger partial charge in [0.2, 0.25) is 10.0 Å². The minimum absolute atomic E-state index is 0.0261. The van der Waals surface area contributed by atoms with Crippen LogP contribution in [0.15, 0.2) is 53.4 Å². The van der Waals surface area contributed by atoms with Crippen molar-refractivity contribution < 1.29 is 22.7 Å². The highest BCUT2D eigenvalue weighted by Gasteiger charge is 2.14. The van der Waals surface area contributed by atoms with Crippen molar-refractivity contribution in [3.05, 3.63) is 59.7 Å². The van der Waals surface area contributed by atoms with E-state index < -0.39 is 21.9 Å². The predicted octanol–water partition coefficient (Wildman–Crippen LogP) is 2.29. The first kappa shape index (κ1) is 22.5. The molecule has 2 rings (SSSR count). The molecular formula is C19H21N3O5S2. The molecule has 0 heterocycles. The molecular weight excluding hydrogens is 414 g/mol. The predicted molar refractivity (Wildman–Crippen MR) is 113 cm³/mol. The summed E-state index contributed by atoms with van der Waals surface area (Å²) in [4.78, 5) is 24.0. The first-order chi connectivity index (χ1) is 13.8. The molecule has 0 spiro atoms. The van der Waals surface area contributed by atoms with Crippen molar-refractivity contribution in [1.29, 1.82) is 0 Å². The van der Waals surface area contributed by atoms with Crippen LogP contribution in [0.25, 0.3) is 0 Å². The lowest BCUT2D eigenvalue weighted by Gasteiger charge is -2.11. The second-order valence-corrected chi connectivity index (χ2v) is 8.08. The number of esters is 1. The van der Waals surface area contributed by atoms with E-state index in [-0.39, 0.29) is 21.1 Å². The Morgan fingerprint density at radius 1 is 1.07 bits per heavy atom. The van der Waals surface area contributed by atoms with Gasteiger partial charge in [0, 0.05) is 17.8 Å². The number of hydrogen-bond donors (Lipinski definition) is 3. The van der Waals surface area contributed by atoms with Gasteiger partial charge in [-0.2, -0.15) is 0 Å². The molecule has 0 saturated heterocycles.